The lowest BCUT2D eigenvalue weighted by atomic mass is 10.1. The Morgan fingerprint density at radius 1 is 1.31 bits per heavy atom. The van der Waals surface area contributed by atoms with Crippen LogP contribution in [0, 0.1) is 5.82 Å². The second kappa shape index (κ2) is 4.55. The minimum absolute atomic E-state index is 0.0358. The number of hydrogen-bond acceptors (Lipinski definition) is 3. The first-order valence-corrected chi connectivity index (χ1v) is 4.96. The lowest BCUT2D eigenvalue weighted by molar-refractivity contribution is 0.281. The Morgan fingerprint density at radius 2 is 2.12 bits per heavy atom. The third kappa shape index (κ3) is 2.18. The van der Waals surface area contributed by atoms with Gasteiger partial charge in [-0.2, -0.15) is 10.2 Å². The summed E-state index contributed by atoms with van der Waals surface area (Å²) in [5.74, 6) is -0.475. The van der Waals surface area contributed by atoms with Gasteiger partial charge in [-0.25, -0.2) is 4.39 Å². The number of aliphatic hydroxyl groups is 1. The molecule has 0 spiro atoms. The van der Waals surface area contributed by atoms with E-state index < -0.39 is 5.82 Å². The summed E-state index contributed by atoms with van der Waals surface area (Å²) < 4.78 is 13.0. The monoisotopic (exact) mass is 238 g/mol. The van der Waals surface area contributed by atoms with Crippen molar-refractivity contribution in [1.82, 2.24) is 10.2 Å². The van der Waals surface area contributed by atoms with Crippen LogP contribution in [-0.4, -0.2) is 15.3 Å². The van der Waals surface area contributed by atoms with Crippen LogP contribution in [0.5, 0.6) is 0 Å². The van der Waals surface area contributed by atoms with Gasteiger partial charge in [0.2, 0.25) is 0 Å². The van der Waals surface area contributed by atoms with Gasteiger partial charge in [0.1, 0.15) is 5.82 Å². The molecule has 0 amide bonds. The molecule has 5 heteroatoms. The average Bonchev–Trinajstić information content (AvgIpc) is 2.33. The SMILES string of the molecule is OCc1cnnc(-c2ccc(F)c(Cl)c2)c1. The second-order valence-electron chi connectivity index (χ2n) is 3.24. The van der Waals surface area contributed by atoms with Crippen molar-refractivity contribution >= 4 is 11.6 Å². The summed E-state index contributed by atoms with van der Waals surface area (Å²) in [5, 5.41) is 16.6. The summed E-state index contributed by atoms with van der Waals surface area (Å²) >= 11 is 5.66. The molecule has 0 fully saturated rings. The van der Waals surface area contributed by atoms with Crippen LogP contribution in [0.15, 0.2) is 30.5 Å². The Labute approximate surface area is 96.5 Å². The van der Waals surface area contributed by atoms with E-state index in [1.54, 1.807) is 12.1 Å². The molecule has 0 bridgehead atoms. The smallest absolute Gasteiger partial charge is 0.141 e. The van der Waals surface area contributed by atoms with Crippen molar-refractivity contribution in [3.8, 4) is 11.3 Å². The molecule has 0 radical (unpaired) electrons. The molecule has 0 aliphatic carbocycles. The standard InChI is InChI=1S/C11H8ClFN2O/c12-9-4-8(1-2-10(9)13)11-3-7(6-16)5-14-15-11/h1-5,16H,6H2. The van der Waals surface area contributed by atoms with Crippen molar-refractivity contribution < 1.29 is 9.50 Å². The van der Waals surface area contributed by atoms with Crippen molar-refractivity contribution in [2.45, 2.75) is 6.61 Å². The summed E-state index contributed by atoms with van der Waals surface area (Å²) in [4.78, 5) is 0. The summed E-state index contributed by atoms with van der Waals surface area (Å²) in [6, 6.07) is 5.98. The Morgan fingerprint density at radius 3 is 2.81 bits per heavy atom. The molecular formula is C11H8ClFN2O. The average molecular weight is 239 g/mol. The zero-order valence-corrected chi connectivity index (χ0v) is 8.95. The number of aromatic nitrogens is 2. The lowest BCUT2D eigenvalue weighted by Gasteiger charge is -2.02. The number of hydrogen-bond donors (Lipinski definition) is 1. The first-order valence-electron chi connectivity index (χ1n) is 4.58. The molecule has 0 aliphatic heterocycles. The number of benzene rings is 1. The molecule has 0 aliphatic rings. The molecule has 0 unspecified atom stereocenters. The van der Waals surface area contributed by atoms with E-state index in [0.717, 1.165) is 0 Å². The van der Waals surface area contributed by atoms with Gasteiger partial charge < -0.3 is 5.11 Å². The Kier molecular flexibility index (Phi) is 3.12. The Bertz CT molecular complexity index is 519. The van der Waals surface area contributed by atoms with Gasteiger partial charge in [-0.05, 0) is 29.8 Å². The summed E-state index contributed by atoms with van der Waals surface area (Å²) in [6.07, 6.45) is 1.47. The first-order chi connectivity index (χ1) is 7.70. The highest BCUT2D eigenvalue weighted by Gasteiger charge is 2.05. The van der Waals surface area contributed by atoms with Crippen LogP contribution < -0.4 is 0 Å². The molecule has 2 rings (SSSR count). The fraction of sp³-hybridized carbons (Fsp3) is 0.0909. The zero-order valence-electron chi connectivity index (χ0n) is 8.19. The largest absolute Gasteiger partial charge is 0.392 e. The third-order valence-corrected chi connectivity index (χ3v) is 2.40. The maximum Gasteiger partial charge on any atom is 0.141 e. The van der Waals surface area contributed by atoms with Crippen molar-refractivity contribution in [1.29, 1.82) is 0 Å². The van der Waals surface area contributed by atoms with Crippen molar-refractivity contribution in [2.24, 2.45) is 0 Å². The molecule has 0 saturated heterocycles. The molecule has 1 aromatic heterocycles. The fourth-order valence-corrected chi connectivity index (χ4v) is 1.47. The van der Waals surface area contributed by atoms with E-state index >= 15 is 0 Å². The summed E-state index contributed by atoms with van der Waals surface area (Å²) in [7, 11) is 0. The van der Waals surface area contributed by atoms with E-state index in [9.17, 15) is 4.39 Å². The highest BCUT2D eigenvalue weighted by Crippen LogP contribution is 2.23. The van der Waals surface area contributed by atoms with E-state index in [2.05, 4.69) is 10.2 Å². The molecule has 0 saturated carbocycles. The normalized spacial score (nSPS) is 10.4. The van der Waals surface area contributed by atoms with Crippen molar-refractivity contribution in [3.05, 3.63) is 46.9 Å². The Hall–Kier alpha value is -1.52. The van der Waals surface area contributed by atoms with Crippen LogP contribution in [-0.2, 0) is 6.61 Å². The molecule has 3 nitrogen and oxygen atoms in total. The van der Waals surface area contributed by atoms with E-state index in [4.69, 9.17) is 16.7 Å². The van der Waals surface area contributed by atoms with Crippen LogP contribution in [0.1, 0.15) is 5.56 Å². The van der Waals surface area contributed by atoms with E-state index in [-0.39, 0.29) is 11.6 Å². The van der Waals surface area contributed by atoms with Crippen molar-refractivity contribution in [3.63, 3.8) is 0 Å². The van der Waals surface area contributed by atoms with Crippen LogP contribution >= 0.6 is 11.6 Å². The van der Waals surface area contributed by atoms with Gasteiger partial charge in [0.25, 0.3) is 0 Å². The molecule has 1 aromatic carbocycles. The number of aliphatic hydroxyl groups excluding tert-OH is 1. The molecule has 82 valence electrons. The maximum absolute atomic E-state index is 13.0. The second-order valence-corrected chi connectivity index (χ2v) is 3.64. The topological polar surface area (TPSA) is 46.0 Å². The molecule has 2 aromatic rings. The first kappa shape index (κ1) is 11.0. The number of halogens is 2. The quantitative estimate of drug-likeness (QED) is 0.874. The maximum atomic E-state index is 13.0. The Balaban J connectivity index is 2.46. The molecule has 16 heavy (non-hydrogen) atoms. The third-order valence-electron chi connectivity index (χ3n) is 2.11. The van der Waals surface area contributed by atoms with Gasteiger partial charge in [-0.1, -0.05) is 11.6 Å². The minimum Gasteiger partial charge on any atom is -0.392 e. The van der Waals surface area contributed by atoms with Crippen molar-refractivity contribution in [2.75, 3.05) is 0 Å². The van der Waals surface area contributed by atoms with Crippen LogP contribution in [0.2, 0.25) is 5.02 Å². The molecule has 1 N–H and O–H groups in total. The fourth-order valence-electron chi connectivity index (χ4n) is 1.29. The molecule has 1 heterocycles. The number of nitrogens with zero attached hydrogens (tertiary/aromatic N) is 2. The van der Waals surface area contributed by atoms with E-state index in [0.29, 0.717) is 16.8 Å². The van der Waals surface area contributed by atoms with Gasteiger partial charge in [-0.3, -0.25) is 0 Å². The van der Waals surface area contributed by atoms with E-state index in [1.807, 2.05) is 0 Å². The van der Waals surface area contributed by atoms with Gasteiger partial charge >= 0.3 is 0 Å². The summed E-state index contributed by atoms with van der Waals surface area (Å²) in [5.41, 5.74) is 1.85. The van der Waals surface area contributed by atoms with E-state index in [1.165, 1.54) is 18.3 Å². The molecular weight excluding hydrogens is 231 g/mol. The van der Waals surface area contributed by atoms with Crippen LogP contribution in [0.4, 0.5) is 4.39 Å². The van der Waals surface area contributed by atoms with Gasteiger partial charge in [-0.15, -0.1) is 0 Å². The highest BCUT2D eigenvalue weighted by molar-refractivity contribution is 6.31. The van der Waals surface area contributed by atoms with Crippen LogP contribution in [0.25, 0.3) is 11.3 Å². The van der Waals surface area contributed by atoms with Gasteiger partial charge in [0, 0.05) is 5.56 Å². The zero-order chi connectivity index (χ0) is 11.5. The van der Waals surface area contributed by atoms with Gasteiger partial charge in [0.05, 0.1) is 23.5 Å². The predicted molar refractivity (Wildman–Crippen MR) is 58.4 cm³/mol. The molecule has 0 atom stereocenters. The minimum atomic E-state index is -0.475. The predicted octanol–water partition coefficient (Wildman–Crippen LogP) is 2.43. The summed E-state index contributed by atoms with van der Waals surface area (Å²) in [6.45, 7) is -0.114. The van der Waals surface area contributed by atoms with Crippen LogP contribution in [0.3, 0.4) is 0 Å². The highest BCUT2D eigenvalue weighted by atomic mass is 35.5. The number of rotatable bonds is 2. The van der Waals surface area contributed by atoms with Gasteiger partial charge in [0.15, 0.2) is 0 Å². The lowest BCUT2D eigenvalue weighted by Crippen LogP contribution is -1.92.